The molecule has 0 radical (unpaired) electrons. The van der Waals surface area contributed by atoms with Crippen LogP contribution >= 0.6 is 0 Å². The van der Waals surface area contributed by atoms with Crippen LogP contribution in [0.2, 0.25) is 0 Å². The van der Waals surface area contributed by atoms with E-state index in [-0.39, 0.29) is 11.9 Å². The fraction of sp³-hybridized carbons (Fsp3) is 0.833. The van der Waals surface area contributed by atoms with E-state index in [1.54, 1.807) is 0 Å². The molecule has 0 aromatic heterocycles. The van der Waals surface area contributed by atoms with Gasteiger partial charge < -0.3 is 16.0 Å². The first-order valence-corrected chi connectivity index (χ1v) is 6.53. The van der Waals surface area contributed by atoms with Crippen molar-refractivity contribution < 1.29 is 9.59 Å². The van der Waals surface area contributed by atoms with Gasteiger partial charge in [-0.2, -0.15) is 0 Å². The normalized spacial score (nSPS) is 14.2. The Balaban J connectivity index is 1.88. The zero-order valence-corrected chi connectivity index (χ0v) is 10.6. The SMILES string of the molecule is CCCCNC(=O)NCCCC(=O)NC1CC1. The summed E-state index contributed by atoms with van der Waals surface area (Å²) in [5.41, 5.74) is 0. The van der Waals surface area contributed by atoms with Crippen molar-refractivity contribution in [3.8, 4) is 0 Å². The fourth-order valence-electron chi connectivity index (χ4n) is 1.42. The number of carbonyl (C=O) groups excluding carboxylic acids is 2. The molecule has 0 atom stereocenters. The van der Waals surface area contributed by atoms with Crippen LogP contribution in [0.1, 0.15) is 45.4 Å². The zero-order chi connectivity index (χ0) is 12.5. The molecule has 0 heterocycles. The summed E-state index contributed by atoms with van der Waals surface area (Å²) in [6.07, 6.45) is 5.48. The molecule has 5 nitrogen and oxygen atoms in total. The van der Waals surface area contributed by atoms with Crippen molar-refractivity contribution >= 4 is 11.9 Å². The Bertz CT molecular complexity index is 252. The summed E-state index contributed by atoms with van der Waals surface area (Å²) in [6.45, 7) is 3.35. The second-order valence-electron chi connectivity index (χ2n) is 4.48. The van der Waals surface area contributed by atoms with Gasteiger partial charge >= 0.3 is 6.03 Å². The van der Waals surface area contributed by atoms with E-state index in [9.17, 15) is 9.59 Å². The predicted molar refractivity (Wildman–Crippen MR) is 66.7 cm³/mol. The molecular weight excluding hydrogens is 218 g/mol. The lowest BCUT2D eigenvalue weighted by Gasteiger charge is -2.07. The molecule has 1 aliphatic carbocycles. The molecule has 98 valence electrons. The first-order chi connectivity index (χ1) is 8.22. The molecular formula is C12H23N3O2. The molecule has 1 aliphatic rings. The van der Waals surface area contributed by atoms with E-state index in [0.717, 1.165) is 25.7 Å². The minimum absolute atomic E-state index is 0.0979. The van der Waals surface area contributed by atoms with Crippen LogP contribution in [0, 0.1) is 0 Å². The average Bonchev–Trinajstić information content (AvgIpc) is 3.09. The molecule has 5 heteroatoms. The number of amides is 3. The van der Waals surface area contributed by atoms with Crippen molar-refractivity contribution in [2.24, 2.45) is 0 Å². The van der Waals surface area contributed by atoms with Gasteiger partial charge in [-0.15, -0.1) is 0 Å². The summed E-state index contributed by atoms with van der Waals surface area (Å²) in [4.78, 5) is 22.5. The highest BCUT2D eigenvalue weighted by Gasteiger charge is 2.22. The summed E-state index contributed by atoms with van der Waals surface area (Å²) in [5.74, 6) is 0.0979. The van der Waals surface area contributed by atoms with Crippen molar-refractivity contribution in [1.82, 2.24) is 16.0 Å². The summed E-state index contributed by atoms with van der Waals surface area (Å²) >= 11 is 0. The maximum atomic E-state index is 11.3. The number of hydrogen-bond donors (Lipinski definition) is 3. The summed E-state index contributed by atoms with van der Waals surface area (Å²) in [6, 6.07) is 0.286. The lowest BCUT2D eigenvalue weighted by atomic mass is 10.3. The smallest absolute Gasteiger partial charge is 0.314 e. The molecule has 0 saturated heterocycles. The number of unbranched alkanes of at least 4 members (excludes halogenated alkanes) is 1. The van der Waals surface area contributed by atoms with E-state index in [0.29, 0.717) is 32.0 Å². The average molecular weight is 241 g/mol. The number of carbonyl (C=O) groups is 2. The zero-order valence-electron chi connectivity index (χ0n) is 10.6. The molecule has 1 fully saturated rings. The van der Waals surface area contributed by atoms with Gasteiger partial charge in [-0.05, 0) is 25.7 Å². The molecule has 0 unspecified atom stereocenters. The molecule has 17 heavy (non-hydrogen) atoms. The van der Waals surface area contributed by atoms with Gasteiger partial charge in [0.05, 0.1) is 0 Å². The van der Waals surface area contributed by atoms with Gasteiger partial charge in [-0.3, -0.25) is 4.79 Å². The number of rotatable bonds is 8. The van der Waals surface area contributed by atoms with Gasteiger partial charge in [0.25, 0.3) is 0 Å². The Kier molecular flexibility index (Phi) is 6.43. The standard InChI is InChI=1S/C12H23N3O2/c1-2-3-8-13-12(17)14-9-4-5-11(16)15-10-6-7-10/h10H,2-9H2,1H3,(H,15,16)(H2,13,14,17). The molecule has 0 aromatic rings. The lowest BCUT2D eigenvalue weighted by Crippen LogP contribution is -2.37. The first kappa shape index (κ1) is 13.8. The van der Waals surface area contributed by atoms with Gasteiger partial charge in [0.2, 0.25) is 5.91 Å². The van der Waals surface area contributed by atoms with Crippen LogP contribution in [-0.2, 0) is 4.79 Å². The lowest BCUT2D eigenvalue weighted by molar-refractivity contribution is -0.121. The van der Waals surface area contributed by atoms with Crippen molar-refractivity contribution in [3.63, 3.8) is 0 Å². The number of hydrogen-bond acceptors (Lipinski definition) is 2. The number of nitrogens with one attached hydrogen (secondary N) is 3. The minimum Gasteiger partial charge on any atom is -0.353 e. The maximum Gasteiger partial charge on any atom is 0.314 e. The van der Waals surface area contributed by atoms with E-state index >= 15 is 0 Å². The molecule has 3 amide bonds. The van der Waals surface area contributed by atoms with Crippen LogP contribution in [0.25, 0.3) is 0 Å². The van der Waals surface area contributed by atoms with Gasteiger partial charge in [-0.1, -0.05) is 13.3 Å². The van der Waals surface area contributed by atoms with E-state index in [4.69, 9.17) is 0 Å². The molecule has 3 N–H and O–H groups in total. The fourth-order valence-corrected chi connectivity index (χ4v) is 1.42. The Morgan fingerprint density at radius 1 is 1.12 bits per heavy atom. The summed E-state index contributed by atoms with van der Waals surface area (Å²) in [7, 11) is 0. The van der Waals surface area contributed by atoms with E-state index < -0.39 is 0 Å². The molecule has 0 bridgehead atoms. The van der Waals surface area contributed by atoms with Crippen molar-refractivity contribution in [3.05, 3.63) is 0 Å². The highest BCUT2D eigenvalue weighted by atomic mass is 16.2. The highest BCUT2D eigenvalue weighted by Crippen LogP contribution is 2.18. The summed E-state index contributed by atoms with van der Waals surface area (Å²) in [5, 5.41) is 8.42. The first-order valence-electron chi connectivity index (χ1n) is 6.53. The number of urea groups is 1. The summed E-state index contributed by atoms with van der Waals surface area (Å²) < 4.78 is 0. The van der Waals surface area contributed by atoms with Crippen LogP contribution in [0.5, 0.6) is 0 Å². The molecule has 0 aliphatic heterocycles. The molecule has 0 aromatic carbocycles. The monoisotopic (exact) mass is 241 g/mol. The van der Waals surface area contributed by atoms with Crippen LogP contribution < -0.4 is 16.0 Å². The van der Waals surface area contributed by atoms with E-state index in [1.807, 2.05) is 0 Å². The largest absolute Gasteiger partial charge is 0.353 e. The topological polar surface area (TPSA) is 70.2 Å². The van der Waals surface area contributed by atoms with Crippen LogP contribution in [0.4, 0.5) is 4.79 Å². The van der Waals surface area contributed by atoms with Crippen molar-refractivity contribution in [2.75, 3.05) is 13.1 Å². The van der Waals surface area contributed by atoms with Gasteiger partial charge in [0, 0.05) is 25.6 Å². The van der Waals surface area contributed by atoms with Crippen molar-refractivity contribution in [2.45, 2.75) is 51.5 Å². The van der Waals surface area contributed by atoms with Gasteiger partial charge in [0.1, 0.15) is 0 Å². The molecule has 1 saturated carbocycles. The predicted octanol–water partition coefficient (Wildman–Crippen LogP) is 1.14. The molecule has 1 rings (SSSR count). The Morgan fingerprint density at radius 3 is 2.35 bits per heavy atom. The van der Waals surface area contributed by atoms with Crippen LogP contribution in [0.15, 0.2) is 0 Å². The quantitative estimate of drug-likeness (QED) is 0.558. The van der Waals surface area contributed by atoms with Crippen molar-refractivity contribution in [1.29, 1.82) is 0 Å². The van der Waals surface area contributed by atoms with Crippen LogP contribution in [0.3, 0.4) is 0 Å². The van der Waals surface area contributed by atoms with Gasteiger partial charge in [-0.25, -0.2) is 4.79 Å². The van der Waals surface area contributed by atoms with E-state index in [2.05, 4.69) is 22.9 Å². The van der Waals surface area contributed by atoms with E-state index in [1.165, 1.54) is 0 Å². The maximum absolute atomic E-state index is 11.3. The van der Waals surface area contributed by atoms with Crippen LogP contribution in [-0.4, -0.2) is 31.1 Å². The molecule has 0 spiro atoms. The van der Waals surface area contributed by atoms with Gasteiger partial charge in [0.15, 0.2) is 0 Å². The second kappa shape index (κ2) is 7.92. The Labute approximate surface area is 103 Å². The Hall–Kier alpha value is -1.26. The second-order valence-corrected chi connectivity index (χ2v) is 4.48. The minimum atomic E-state index is -0.138. The third-order valence-corrected chi connectivity index (χ3v) is 2.62. The third kappa shape index (κ3) is 7.60. The Morgan fingerprint density at radius 2 is 1.76 bits per heavy atom. The third-order valence-electron chi connectivity index (χ3n) is 2.62. The highest BCUT2D eigenvalue weighted by molar-refractivity contribution is 5.77.